The van der Waals surface area contributed by atoms with Gasteiger partial charge in [0.15, 0.2) is 5.43 Å². The molecule has 0 saturated carbocycles. The standard InChI is InChI=1S/C30H20FNO5/c1-35-22-11-6-8-20(17-22)32-27(18-7-5-12-23(15-18)36-21-9-3-2-4-10-21)26-28(33)24-16-19(31)13-14-25(24)37-29(26)30(32)34/h2-17,27H,1H3. The molecule has 0 fully saturated rings. The number of methoxy groups -OCH3 is 1. The van der Waals surface area contributed by atoms with Crippen molar-refractivity contribution in [1.82, 2.24) is 0 Å². The first-order valence-electron chi connectivity index (χ1n) is 11.6. The Morgan fingerprint density at radius 1 is 0.811 bits per heavy atom. The Balaban J connectivity index is 1.56. The molecule has 1 aliphatic rings. The number of anilines is 1. The van der Waals surface area contributed by atoms with Crippen LogP contribution in [-0.4, -0.2) is 13.0 Å². The average Bonchev–Trinajstić information content (AvgIpc) is 3.22. The molecule has 1 amide bonds. The van der Waals surface area contributed by atoms with Crippen molar-refractivity contribution in [2.24, 2.45) is 0 Å². The molecule has 0 radical (unpaired) electrons. The van der Waals surface area contributed by atoms with Gasteiger partial charge < -0.3 is 13.9 Å². The Morgan fingerprint density at radius 2 is 1.57 bits per heavy atom. The molecule has 1 atom stereocenters. The van der Waals surface area contributed by atoms with Crippen LogP contribution in [0.15, 0.2) is 106 Å². The van der Waals surface area contributed by atoms with Crippen LogP contribution >= 0.6 is 0 Å². The minimum Gasteiger partial charge on any atom is -0.497 e. The molecule has 182 valence electrons. The van der Waals surface area contributed by atoms with E-state index in [1.54, 1.807) is 42.5 Å². The van der Waals surface area contributed by atoms with Crippen molar-refractivity contribution < 1.29 is 23.1 Å². The van der Waals surface area contributed by atoms with Crippen LogP contribution in [0.2, 0.25) is 0 Å². The zero-order chi connectivity index (χ0) is 25.5. The molecule has 4 aromatic carbocycles. The molecule has 37 heavy (non-hydrogen) atoms. The van der Waals surface area contributed by atoms with Crippen LogP contribution in [-0.2, 0) is 0 Å². The highest BCUT2D eigenvalue weighted by molar-refractivity contribution is 6.10. The van der Waals surface area contributed by atoms with E-state index in [9.17, 15) is 14.0 Å². The second-order valence-electron chi connectivity index (χ2n) is 8.58. The predicted octanol–water partition coefficient (Wildman–Crippen LogP) is 6.48. The average molecular weight is 493 g/mol. The Bertz CT molecular complexity index is 1710. The first kappa shape index (κ1) is 22.5. The molecule has 0 aliphatic carbocycles. The SMILES string of the molecule is COc1cccc(N2C(=O)c3oc4ccc(F)cc4c(=O)c3C2c2cccc(Oc3ccccc3)c2)c1. The van der Waals surface area contributed by atoms with E-state index in [2.05, 4.69) is 0 Å². The fourth-order valence-corrected chi connectivity index (χ4v) is 4.66. The van der Waals surface area contributed by atoms with Crippen molar-refractivity contribution >= 4 is 22.6 Å². The molecule has 0 bridgehead atoms. The maximum absolute atomic E-state index is 14.1. The molecule has 1 aliphatic heterocycles. The molecule has 5 aromatic rings. The number of para-hydroxylation sites is 1. The lowest BCUT2D eigenvalue weighted by Gasteiger charge is -2.26. The van der Waals surface area contributed by atoms with Crippen LogP contribution in [0.1, 0.15) is 27.7 Å². The van der Waals surface area contributed by atoms with Gasteiger partial charge in [-0.1, -0.05) is 36.4 Å². The number of carbonyl (C=O) groups excluding carboxylic acids is 1. The van der Waals surface area contributed by atoms with Crippen LogP contribution in [0.3, 0.4) is 0 Å². The van der Waals surface area contributed by atoms with Gasteiger partial charge in [-0.3, -0.25) is 14.5 Å². The van der Waals surface area contributed by atoms with E-state index in [4.69, 9.17) is 13.9 Å². The van der Waals surface area contributed by atoms with Gasteiger partial charge in [0, 0.05) is 11.8 Å². The van der Waals surface area contributed by atoms with Crippen molar-refractivity contribution in [2.45, 2.75) is 6.04 Å². The summed E-state index contributed by atoms with van der Waals surface area (Å²) in [6.07, 6.45) is 0. The summed E-state index contributed by atoms with van der Waals surface area (Å²) in [7, 11) is 1.54. The second kappa shape index (κ2) is 8.95. The molecule has 6 rings (SSSR count). The summed E-state index contributed by atoms with van der Waals surface area (Å²) in [5, 5.41) is 0.0701. The van der Waals surface area contributed by atoms with Gasteiger partial charge in [0.05, 0.1) is 24.1 Å². The Morgan fingerprint density at radius 3 is 2.38 bits per heavy atom. The monoisotopic (exact) mass is 493 g/mol. The number of ether oxygens (including phenoxy) is 2. The Kier molecular flexibility index (Phi) is 5.45. The normalized spacial score (nSPS) is 14.6. The van der Waals surface area contributed by atoms with Crippen molar-refractivity contribution in [3.8, 4) is 17.2 Å². The van der Waals surface area contributed by atoms with E-state index >= 15 is 0 Å². The molecular weight excluding hydrogens is 473 g/mol. The summed E-state index contributed by atoms with van der Waals surface area (Å²) in [5.74, 6) is 0.605. The van der Waals surface area contributed by atoms with E-state index in [-0.39, 0.29) is 22.3 Å². The smallest absolute Gasteiger partial charge is 0.295 e. The summed E-state index contributed by atoms with van der Waals surface area (Å²) >= 11 is 0. The van der Waals surface area contributed by atoms with E-state index in [1.807, 2.05) is 36.4 Å². The third-order valence-electron chi connectivity index (χ3n) is 6.32. The molecule has 0 N–H and O–H groups in total. The summed E-state index contributed by atoms with van der Waals surface area (Å²) in [5.41, 5.74) is 0.971. The number of amides is 1. The van der Waals surface area contributed by atoms with Crippen molar-refractivity contribution in [3.63, 3.8) is 0 Å². The molecule has 1 aromatic heterocycles. The minimum atomic E-state index is -0.835. The first-order valence-corrected chi connectivity index (χ1v) is 11.6. The quantitative estimate of drug-likeness (QED) is 0.280. The third-order valence-corrected chi connectivity index (χ3v) is 6.32. The van der Waals surface area contributed by atoms with Crippen LogP contribution in [0.4, 0.5) is 10.1 Å². The lowest BCUT2D eigenvalue weighted by Crippen LogP contribution is -2.29. The highest BCUT2D eigenvalue weighted by atomic mass is 19.1. The van der Waals surface area contributed by atoms with Gasteiger partial charge in [0.1, 0.15) is 28.6 Å². The summed E-state index contributed by atoms with van der Waals surface area (Å²) in [6.45, 7) is 0. The highest BCUT2D eigenvalue weighted by Crippen LogP contribution is 2.42. The van der Waals surface area contributed by atoms with Gasteiger partial charge in [-0.15, -0.1) is 0 Å². The van der Waals surface area contributed by atoms with E-state index < -0.39 is 23.2 Å². The molecule has 6 nitrogen and oxygen atoms in total. The number of halogens is 1. The second-order valence-corrected chi connectivity index (χ2v) is 8.58. The van der Waals surface area contributed by atoms with E-state index in [0.29, 0.717) is 28.5 Å². The Labute approximate surface area is 211 Å². The summed E-state index contributed by atoms with van der Waals surface area (Å²) in [4.78, 5) is 29.0. The predicted molar refractivity (Wildman–Crippen MR) is 137 cm³/mol. The molecule has 0 saturated heterocycles. The van der Waals surface area contributed by atoms with Crippen LogP contribution in [0.25, 0.3) is 11.0 Å². The van der Waals surface area contributed by atoms with Crippen molar-refractivity contribution in [2.75, 3.05) is 12.0 Å². The van der Waals surface area contributed by atoms with Crippen molar-refractivity contribution in [3.05, 3.63) is 130 Å². The lowest BCUT2D eigenvalue weighted by atomic mass is 9.98. The highest BCUT2D eigenvalue weighted by Gasteiger charge is 2.44. The number of hydrogen-bond donors (Lipinski definition) is 0. The number of rotatable bonds is 5. The fourth-order valence-electron chi connectivity index (χ4n) is 4.66. The van der Waals surface area contributed by atoms with Gasteiger partial charge in [0.2, 0.25) is 5.76 Å². The number of benzene rings is 4. The minimum absolute atomic E-state index is 0.0701. The van der Waals surface area contributed by atoms with Gasteiger partial charge in [0.25, 0.3) is 5.91 Å². The molecule has 2 heterocycles. The zero-order valence-electron chi connectivity index (χ0n) is 19.7. The fraction of sp³-hybridized carbons (Fsp3) is 0.0667. The zero-order valence-corrected chi connectivity index (χ0v) is 19.7. The van der Waals surface area contributed by atoms with Crippen LogP contribution in [0, 0.1) is 5.82 Å². The molecule has 7 heteroatoms. The lowest BCUT2D eigenvalue weighted by molar-refractivity contribution is 0.0971. The molecule has 0 spiro atoms. The third kappa shape index (κ3) is 3.90. The van der Waals surface area contributed by atoms with E-state index in [0.717, 1.165) is 6.07 Å². The number of fused-ring (bicyclic) bond motifs is 2. The van der Waals surface area contributed by atoms with Crippen LogP contribution in [0.5, 0.6) is 17.2 Å². The van der Waals surface area contributed by atoms with Gasteiger partial charge in [-0.05, 0) is 60.2 Å². The topological polar surface area (TPSA) is 69.0 Å². The Hall–Kier alpha value is -4.91. The number of hydrogen-bond acceptors (Lipinski definition) is 5. The number of nitrogens with zero attached hydrogens (tertiary/aromatic N) is 1. The van der Waals surface area contributed by atoms with Gasteiger partial charge in [-0.25, -0.2) is 4.39 Å². The largest absolute Gasteiger partial charge is 0.497 e. The summed E-state index contributed by atoms with van der Waals surface area (Å²) in [6, 6.07) is 26.3. The van der Waals surface area contributed by atoms with Gasteiger partial charge >= 0.3 is 0 Å². The first-order chi connectivity index (χ1) is 18.0. The van der Waals surface area contributed by atoms with Crippen LogP contribution < -0.4 is 19.8 Å². The maximum Gasteiger partial charge on any atom is 0.295 e. The van der Waals surface area contributed by atoms with Crippen molar-refractivity contribution in [1.29, 1.82) is 0 Å². The van der Waals surface area contributed by atoms with Gasteiger partial charge in [-0.2, -0.15) is 0 Å². The summed E-state index contributed by atoms with van der Waals surface area (Å²) < 4.78 is 31.4. The molecular formula is C30H20FNO5. The molecule has 1 unspecified atom stereocenters. The maximum atomic E-state index is 14.1. The number of carbonyl (C=O) groups is 1. The van der Waals surface area contributed by atoms with E-state index in [1.165, 1.54) is 24.1 Å².